The Bertz CT molecular complexity index is 907. The number of amides is 1. The molecule has 0 unspecified atom stereocenters. The van der Waals surface area contributed by atoms with Crippen LogP contribution in [0.5, 0.6) is 0 Å². The van der Waals surface area contributed by atoms with Crippen LogP contribution in [0.25, 0.3) is 11.1 Å². The van der Waals surface area contributed by atoms with E-state index in [-0.39, 0.29) is 5.91 Å². The van der Waals surface area contributed by atoms with Crippen molar-refractivity contribution in [1.82, 2.24) is 0 Å². The van der Waals surface area contributed by atoms with Crippen LogP contribution in [-0.4, -0.2) is 5.91 Å². The highest BCUT2D eigenvalue weighted by atomic mass is 35.5. The highest BCUT2D eigenvalue weighted by Crippen LogP contribution is 2.39. The maximum atomic E-state index is 13.0. The van der Waals surface area contributed by atoms with E-state index in [1.54, 1.807) is 0 Å². The van der Waals surface area contributed by atoms with Crippen molar-refractivity contribution in [1.29, 1.82) is 0 Å². The van der Waals surface area contributed by atoms with Crippen LogP contribution < -0.4 is 5.32 Å². The number of anilines is 1. The fourth-order valence-electron chi connectivity index (χ4n) is 4.88. The summed E-state index contributed by atoms with van der Waals surface area (Å²) in [5, 5.41) is 3.78. The third-order valence-electron chi connectivity index (χ3n) is 6.53. The van der Waals surface area contributed by atoms with E-state index >= 15 is 0 Å². The van der Waals surface area contributed by atoms with E-state index in [0.717, 1.165) is 48.1 Å². The van der Waals surface area contributed by atoms with Crippen LogP contribution in [0.3, 0.4) is 0 Å². The molecule has 1 fully saturated rings. The monoisotopic (exact) mass is 407 g/mol. The summed E-state index contributed by atoms with van der Waals surface area (Å²) in [6.45, 7) is 2.15. The van der Waals surface area contributed by atoms with Crippen molar-refractivity contribution >= 4 is 23.2 Å². The first-order chi connectivity index (χ1) is 14.2. The molecule has 2 aliphatic carbocycles. The molecule has 1 saturated carbocycles. The molecular formula is C26H30ClNO. The van der Waals surface area contributed by atoms with Crippen molar-refractivity contribution in [3.05, 3.63) is 64.2 Å². The third kappa shape index (κ3) is 4.59. The molecule has 2 aromatic rings. The van der Waals surface area contributed by atoms with Crippen molar-refractivity contribution in [3.63, 3.8) is 0 Å². The second-order valence-corrected chi connectivity index (χ2v) is 8.80. The summed E-state index contributed by atoms with van der Waals surface area (Å²) in [6.07, 6.45) is 10.6. The Labute approximate surface area is 179 Å². The summed E-state index contributed by atoms with van der Waals surface area (Å²) < 4.78 is 0. The van der Waals surface area contributed by atoms with E-state index in [2.05, 4.69) is 36.5 Å². The summed E-state index contributed by atoms with van der Waals surface area (Å²) in [7, 11) is 0. The molecule has 0 radical (unpaired) electrons. The number of carbonyl (C=O) groups excluding carboxylic acids is 1. The fourth-order valence-corrected chi connectivity index (χ4v) is 5.17. The van der Waals surface area contributed by atoms with Crippen LogP contribution in [-0.2, 0) is 11.2 Å². The van der Waals surface area contributed by atoms with Gasteiger partial charge in [0, 0.05) is 16.8 Å². The average molecular weight is 408 g/mol. The maximum Gasteiger partial charge on any atom is 0.251 e. The molecule has 0 spiro atoms. The quantitative estimate of drug-likeness (QED) is 0.544. The van der Waals surface area contributed by atoms with Gasteiger partial charge in [0.15, 0.2) is 0 Å². The number of rotatable bonds is 5. The van der Waals surface area contributed by atoms with E-state index in [1.165, 1.54) is 43.2 Å². The highest BCUT2D eigenvalue weighted by Gasteiger charge is 2.27. The number of nitrogens with one attached hydrogen (secondary N) is 1. The van der Waals surface area contributed by atoms with Gasteiger partial charge in [0.1, 0.15) is 0 Å². The zero-order chi connectivity index (χ0) is 20.2. The second kappa shape index (κ2) is 9.17. The van der Waals surface area contributed by atoms with Crippen molar-refractivity contribution in [2.24, 2.45) is 5.92 Å². The van der Waals surface area contributed by atoms with Gasteiger partial charge in [0.2, 0.25) is 0 Å². The standard InChI is InChI=1S/C26H30ClNO/c1-2-18-11-13-20(14-12-18)23-16-15-21(17-25(23)27)28-26(29)24-10-6-9-22(24)19-7-4-3-5-8-19/h11-17,19H,2-10H2,1H3,(H,28,29). The lowest BCUT2D eigenvalue weighted by Gasteiger charge is -2.24. The number of benzene rings is 2. The predicted octanol–water partition coefficient (Wildman–Crippen LogP) is 7.57. The Morgan fingerprint density at radius 2 is 1.76 bits per heavy atom. The number of allylic oxidation sites excluding steroid dienone is 1. The first-order valence-corrected chi connectivity index (χ1v) is 11.5. The fraction of sp³-hybridized carbons (Fsp3) is 0.423. The van der Waals surface area contributed by atoms with Gasteiger partial charge in [0.05, 0.1) is 5.02 Å². The molecule has 0 bridgehead atoms. The van der Waals surface area contributed by atoms with Crippen LogP contribution in [0, 0.1) is 5.92 Å². The summed E-state index contributed by atoms with van der Waals surface area (Å²) in [6, 6.07) is 14.3. The molecule has 0 atom stereocenters. The number of hydrogen-bond acceptors (Lipinski definition) is 1. The molecule has 0 saturated heterocycles. The summed E-state index contributed by atoms with van der Waals surface area (Å²) in [5.74, 6) is 0.697. The van der Waals surface area contributed by atoms with Gasteiger partial charge in [0.25, 0.3) is 5.91 Å². The van der Waals surface area contributed by atoms with E-state index in [0.29, 0.717) is 10.9 Å². The Balaban J connectivity index is 1.50. The highest BCUT2D eigenvalue weighted by molar-refractivity contribution is 6.33. The van der Waals surface area contributed by atoms with E-state index in [9.17, 15) is 4.79 Å². The van der Waals surface area contributed by atoms with Gasteiger partial charge < -0.3 is 5.32 Å². The van der Waals surface area contributed by atoms with Crippen LogP contribution in [0.4, 0.5) is 5.69 Å². The second-order valence-electron chi connectivity index (χ2n) is 8.39. The van der Waals surface area contributed by atoms with Crippen molar-refractivity contribution in [2.45, 2.75) is 64.7 Å². The lowest BCUT2D eigenvalue weighted by Crippen LogP contribution is -2.17. The summed E-state index contributed by atoms with van der Waals surface area (Å²) >= 11 is 6.57. The van der Waals surface area contributed by atoms with Gasteiger partial charge in [-0.1, -0.05) is 73.7 Å². The normalized spacial score (nSPS) is 17.6. The molecule has 0 aliphatic heterocycles. The van der Waals surface area contributed by atoms with Crippen molar-refractivity contribution in [3.8, 4) is 11.1 Å². The zero-order valence-corrected chi connectivity index (χ0v) is 18.0. The Morgan fingerprint density at radius 3 is 2.45 bits per heavy atom. The zero-order valence-electron chi connectivity index (χ0n) is 17.3. The molecule has 1 amide bonds. The SMILES string of the molecule is CCc1ccc(-c2ccc(NC(=O)C3=C(C4CCCCC4)CCC3)cc2Cl)cc1. The predicted molar refractivity (Wildman–Crippen MR) is 122 cm³/mol. The molecular weight excluding hydrogens is 378 g/mol. The minimum atomic E-state index is 0.0687. The first kappa shape index (κ1) is 20.2. The lowest BCUT2D eigenvalue weighted by atomic mass is 9.82. The van der Waals surface area contributed by atoms with E-state index in [4.69, 9.17) is 11.6 Å². The Morgan fingerprint density at radius 1 is 1.00 bits per heavy atom. The molecule has 0 heterocycles. The average Bonchev–Trinajstić information content (AvgIpc) is 3.25. The van der Waals surface area contributed by atoms with E-state index < -0.39 is 0 Å². The van der Waals surface area contributed by atoms with Gasteiger partial charge in [-0.25, -0.2) is 0 Å². The smallest absolute Gasteiger partial charge is 0.251 e. The minimum absolute atomic E-state index is 0.0687. The van der Waals surface area contributed by atoms with Crippen molar-refractivity contribution in [2.75, 3.05) is 5.32 Å². The number of aryl methyl sites for hydroxylation is 1. The molecule has 3 heteroatoms. The molecule has 29 heavy (non-hydrogen) atoms. The van der Waals surface area contributed by atoms with Crippen molar-refractivity contribution < 1.29 is 4.79 Å². The maximum absolute atomic E-state index is 13.0. The topological polar surface area (TPSA) is 29.1 Å². The summed E-state index contributed by atoms with van der Waals surface area (Å²) in [5.41, 5.74) is 6.65. The van der Waals surface area contributed by atoms with Crippen LogP contribution in [0.15, 0.2) is 53.6 Å². The molecule has 152 valence electrons. The third-order valence-corrected chi connectivity index (χ3v) is 6.85. The number of carbonyl (C=O) groups is 1. The van der Waals surface area contributed by atoms with Gasteiger partial charge >= 0.3 is 0 Å². The van der Waals surface area contributed by atoms with E-state index in [1.807, 2.05) is 18.2 Å². The van der Waals surface area contributed by atoms with Crippen LogP contribution >= 0.6 is 11.6 Å². The molecule has 4 rings (SSSR count). The lowest BCUT2D eigenvalue weighted by molar-refractivity contribution is -0.113. The van der Waals surface area contributed by atoms with Crippen LogP contribution in [0.2, 0.25) is 5.02 Å². The Hall–Kier alpha value is -2.06. The first-order valence-electron chi connectivity index (χ1n) is 11.1. The van der Waals surface area contributed by atoms with Gasteiger partial charge in [-0.05, 0) is 67.7 Å². The van der Waals surface area contributed by atoms with Gasteiger partial charge in [-0.3, -0.25) is 4.79 Å². The number of halogens is 1. The minimum Gasteiger partial charge on any atom is -0.322 e. The molecule has 2 nitrogen and oxygen atoms in total. The molecule has 0 aromatic heterocycles. The van der Waals surface area contributed by atoms with Gasteiger partial charge in [-0.15, -0.1) is 0 Å². The summed E-state index contributed by atoms with van der Waals surface area (Å²) in [4.78, 5) is 13.0. The largest absolute Gasteiger partial charge is 0.322 e. The Kier molecular flexibility index (Phi) is 6.40. The van der Waals surface area contributed by atoms with Gasteiger partial charge in [-0.2, -0.15) is 0 Å². The molecule has 1 N–H and O–H groups in total. The molecule has 2 aromatic carbocycles. The molecule has 2 aliphatic rings. The van der Waals surface area contributed by atoms with Crippen LogP contribution in [0.1, 0.15) is 63.9 Å². The number of hydrogen-bond donors (Lipinski definition) is 1.